The van der Waals surface area contributed by atoms with Gasteiger partial charge in [-0.05, 0) is 57.1 Å². The molecule has 1 N–H and O–H groups in total. The summed E-state index contributed by atoms with van der Waals surface area (Å²) < 4.78 is 12.2. The number of H-pyrrole nitrogens is 1. The molecule has 0 aliphatic carbocycles. The van der Waals surface area contributed by atoms with E-state index in [9.17, 15) is 0 Å². The number of fused-ring (bicyclic) bond motifs is 1. The minimum Gasteiger partial charge on any atom is -0.399 e. The number of benzene rings is 1. The highest BCUT2D eigenvalue weighted by Crippen LogP contribution is 2.36. The van der Waals surface area contributed by atoms with Crippen molar-refractivity contribution in [3.63, 3.8) is 0 Å². The first-order valence-electron chi connectivity index (χ1n) is 7.29. The van der Waals surface area contributed by atoms with E-state index in [1.54, 1.807) is 0 Å². The second-order valence-corrected chi connectivity index (χ2v) is 6.58. The van der Waals surface area contributed by atoms with E-state index in [0.717, 1.165) is 11.9 Å². The maximum absolute atomic E-state index is 6.10. The molecule has 0 bridgehead atoms. The molecule has 2 heterocycles. The van der Waals surface area contributed by atoms with Gasteiger partial charge in [0.15, 0.2) is 0 Å². The molecule has 1 aromatic heterocycles. The molecule has 0 saturated carbocycles. The first-order chi connectivity index (χ1) is 9.32. The Hall–Kier alpha value is -1.26. The summed E-state index contributed by atoms with van der Waals surface area (Å²) in [5.41, 5.74) is 2.92. The molecule has 0 spiro atoms. The highest BCUT2D eigenvalue weighted by Gasteiger charge is 2.51. The number of nitrogens with one attached hydrogen (secondary N) is 1. The van der Waals surface area contributed by atoms with Crippen LogP contribution < -0.4 is 5.46 Å². The number of hydrogen-bond acceptors (Lipinski definition) is 2. The third-order valence-corrected chi connectivity index (χ3v) is 4.61. The van der Waals surface area contributed by atoms with E-state index in [-0.39, 0.29) is 18.3 Å². The molecule has 0 amide bonds. The average molecular weight is 271 g/mol. The molecule has 0 unspecified atom stereocenters. The molecule has 3 nitrogen and oxygen atoms in total. The van der Waals surface area contributed by atoms with E-state index in [0.29, 0.717) is 0 Å². The fourth-order valence-corrected chi connectivity index (χ4v) is 2.53. The number of aryl methyl sites for hydroxylation is 1. The first kappa shape index (κ1) is 13.7. The van der Waals surface area contributed by atoms with Crippen LogP contribution >= 0.6 is 0 Å². The van der Waals surface area contributed by atoms with Crippen molar-refractivity contribution < 1.29 is 9.31 Å². The predicted molar refractivity (Wildman–Crippen MR) is 83.4 cm³/mol. The van der Waals surface area contributed by atoms with Crippen molar-refractivity contribution in [2.75, 3.05) is 0 Å². The largest absolute Gasteiger partial charge is 0.494 e. The minimum absolute atomic E-state index is 0.288. The second kappa shape index (κ2) is 4.37. The summed E-state index contributed by atoms with van der Waals surface area (Å²) in [7, 11) is -0.288. The van der Waals surface area contributed by atoms with Gasteiger partial charge in [0.1, 0.15) is 0 Å². The second-order valence-electron chi connectivity index (χ2n) is 6.58. The van der Waals surface area contributed by atoms with Gasteiger partial charge in [0.25, 0.3) is 0 Å². The predicted octanol–water partition coefficient (Wildman–Crippen LogP) is 3.03. The molecule has 4 heteroatoms. The van der Waals surface area contributed by atoms with Crippen LogP contribution in [0.25, 0.3) is 10.9 Å². The zero-order valence-corrected chi connectivity index (χ0v) is 12.9. The molecule has 1 aliphatic rings. The highest BCUT2D eigenvalue weighted by molar-refractivity contribution is 6.62. The summed E-state index contributed by atoms with van der Waals surface area (Å²) in [4.78, 5) is 3.41. The van der Waals surface area contributed by atoms with Gasteiger partial charge in [-0.25, -0.2) is 0 Å². The Balaban J connectivity index is 1.95. The molecule has 0 radical (unpaired) electrons. The Morgan fingerprint density at radius 3 is 2.30 bits per heavy atom. The molecule has 1 saturated heterocycles. The standard InChI is InChI=1S/C16H22BNO2/c1-6-13-10-11-9-12(7-8-14(11)18-13)17-19-15(2,3)16(4,5)20-17/h7-10,18H,6H2,1-5H3. The zero-order chi connectivity index (χ0) is 14.5. The lowest BCUT2D eigenvalue weighted by molar-refractivity contribution is 0.00578. The van der Waals surface area contributed by atoms with Gasteiger partial charge in [0, 0.05) is 11.2 Å². The topological polar surface area (TPSA) is 34.2 Å². The monoisotopic (exact) mass is 271 g/mol. The van der Waals surface area contributed by atoms with Crippen LogP contribution in [-0.2, 0) is 15.7 Å². The summed E-state index contributed by atoms with van der Waals surface area (Å²) in [6.07, 6.45) is 1.01. The van der Waals surface area contributed by atoms with E-state index in [1.165, 1.54) is 16.6 Å². The molecule has 0 atom stereocenters. The Morgan fingerprint density at radius 1 is 1.05 bits per heavy atom. The lowest BCUT2D eigenvalue weighted by atomic mass is 9.79. The lowest BCUT2D eigenvalue weighted by Crippen LogP contribution is -2.41. The summed E-state index contributed by atoms with van der Waals surface area (Å²) in [5, 5.41) is 1.22. The average Bonchev–Trinajstić information content (AvgIpc) is 2.87. The van der Waals surface area contributed by atoms with Crippen molar-refractivity contribution in [3.8, 4) is 0 Å². The lowest BCUT2D eigenvalue weighted by Gasteiger charge is -2.32. The number of rotatable bonds is 2. The Bertz CT molecular complexity index is 629. The van der Waals surface area contributed by atoms with Gasteiger partial charge in [0.2, 0.25) is 0 Å². The molecule has 1 fully saturated rings. The maximum Gasteiger partial charge on any atom is 0.494 e. The van der Waals surface area contributed by atoms with Crippen LogP contribution in [0.15, 0.2) is 24.3 Å². The summed E-state index contributed by atoms with van der Waals surface area (Å²) in [6, 6.07) is 8.55. The van der Waals surface area contributed by atoms with E-state index in [2.05, 4.69) is 63.9 Å². The quantitative estimate of drug-likeness (QED) is 0.852. The minimum atomic E-state index is -0.292. The van der Waals surface area contributed by atoms with Crippen LogP contribution in [-0.4, -0.2) is 23.3 Å². The summed E-state index contributed by atoms with van der Waals surface area (Å²) >= 11 is 0. The molecular formula is C16H22BNO2. The van der Waals surface area contributed by atoms with Gasteiger partial charge >= 0.3 is 7.12 Å². The van der Waals surface area contributed by atoms with E-state index in [1.807, 2.05) is 0 Å². The Labute approximate surface area is 120 Å². The molecule has 2 aromatic rings. The zero-order valence-electron chi connectivity index (χ0n) is 12.9. The fourth-order valence-electron chi connectivity index (χ4n) is 2.53. The van der Waals surface area contributed by atoms with Crippen molar-refractivity contribution in [2.45, 2.75) is 52.2 Å². The smallest absolute Gasteiger partial charge is 0.399 e. The first-order valence-corrected chi connectivity index (χ1v) is 7.29. The SMILES string of the molecule is CCc1cc2cc(B3OC(C)(C)C(C)(C)O3)ccc2[nH]1. The van der Waals surface area contributed by atoms with Gasteiger partial charge in [-0.1, -0.05) is 19.1 Å². The fraction of sp³-hybridized carbons (Fsp3) is 0.500. The van der Waals surface area contributed by atoms with Gasteiger partial charge in [-0.2, -0.15) is 0 Å². The maximum atomic E-state index is 6.10. The van der Waals surface area contributed by atoms with Crippen LogP contribution in [0.3, 0.4) is 0 Å². The van der Waals surface area contributed by atoms with Crippen LogP contribution in [0.5, 0.6) is 0 Å². The molecule has 1 aliphatic heterocycles. The van der Waals surface area contributed by atoms with Gasteiger partial charge < -0.3 is 14.3 Å². The number of aromatic nitrogens is 1. The third kappa shape index (κ3) is 2.07. The molecular weight excluding hydrogens is 249 g/mol. The third-order valence-electron chi connectivity index (χ3n) is 4.61. The summed E-state index contributed by atoms with van der Waals surface area (Å²) in [5.74, 6) is 0. The van der Waals surface area contributed by atoms with Crippen LogP contribution in [0, 0.1) is 0 Å². The number of aromatic amines is 1. The van der Waals surface area contributed by atoms with Gasteiger partial charge in [0.05, 0.1) is 11.2 Å². The highest BCUT2D eigenvalue weighted by atomic mass is 16.7. The summed E-state index contributed by atoms with van der Waals surface area (Å²) in [6.45, 7) is 10.5. The van der Waals surface area contributed by atoms with Crippen molar-refractivity contribution in [1.82, 2.24) is 4.98 Å². The van der Waals surface area contributed by atoms with Crippen molar-refractivity contribution in [1.29, 1.82) is 0 Å². The van der Waals surface area contributed by atoms with Crippen LogP contribution in [0.1, 0.15) is 40.3 Å². The van der Waals surface area contributed by atoms with E-state index < -0.39 is 0 Å². The molecule has 1 aromatic carbocycles. The Morgan fingerprint density at radius 2 is 1.70 bits per heavy atom. The number of hydrogen-bond donors (Lipinski definition) is 1. The van der Waals surface area contributed by atoms with Crippen molar-refractivity contribution in [3.05, 3.63) is 30.0 Å². The normalized spacial score (nSPS) is 20.8. The van der Waals surface area contributed by atoms with Crippen molar-refractivity contribution in [2.24, 2.45) is 0 Å². The van der Waals surface area contributed by atoms with E-state index in [4.69, 9.17) is 9.31 Å². The van der Waals surface area contributed by atoms with Gasteiger partial charge in [-0.15, -0.1) is 0 Å². The molecule has 20 heavy (non-hydrogen) atoms. The van der Waals surface area contributed by atoms with E-state index >= 15 is 0 Å². The van der Waals surface area contributed by atoms with Crippen LogP contribution in [0.2, 0.25) is 0 Å². The van der Waals surface area contributed by atoms with Crippen molar-refractivity contribution >= 4 is 23.5 Å². The van der Waals surface area contributed by atoms with Gasteiger partial charge in [-0.3, -0.25) is 0 Å². The molecule has 3 rings (SSSR count). The molecule has 106 valence electrons. The Kier molecular flexibility index (Phi) is 3.00. The van der Waals surface area contributed by atoms with Crippen LogP contribution in [0.4, 0.5) is 0 Å².